The summed E-state index contributed by atoms with van der Waals surface area (Å²) in [4.78, 5) is 4.85. The average molecular weight is 256 g/mol. The summed E-state index contributed by atoms with van der Waals surface area (Å²) in [5, 5.41) is 4.82. The molecule has 0 aliphatic carbocycles. The molecule has 0 fully saturated rings. The van der Waals surface area contributed by atoms with E-state index in [1.807, 2.05) is 0 Å². The van der Waals surface area contributed by atoms with Gasteiger partial charge in [0, 0.05) is 5.39 Å². The number of nitrogens with one attached hydrogen (secondary N) is 1. The summed E-state index contributed by atoms with van der Waals surface area (Å²) in [5.41, 5.74) is 2.27. The lowest BCUT2D eigenvalue weighted by molar-refractivity contribution is 0.341. The Morgan fingerprint density at radius 2 is 1.74 bits per heavy atom. The molecule has 1 heterocycles. The van der Waals surface area contributed by atoms with Gasteiger partial charge in [0.1, 0.15) is 0 Å². The highest BCUT2D eigenvalue weighted by Gasteiger charge is 2.20. The molecule has 0 aliphatic heterocycles. The van der Waals surface area contributed by atoms with Crippen LogP contribution in [0.4, 0.5) is 0 Å². The van der Waals surface area contributed by atoms with Gasteiger partial charge in [0.25, 0.3) is 0 Å². The summed E-state index contributed by atoms with van der Waals surface area (Å²) in [5.74, 6) is 0.647. The predicted octanol–water partition coefficient (Wildman–Crippen LogP) is 4.32. The van der Waals surface area contributed by atoms with Gasteiger partial charge in [0.15, 0.2) is 0 Å². The monoisotopic (exact) mass is 256 g/mol. The fraction of sp³-hybridized carbons (Fsp3) is 0.471. The van der Waals surface area contributed by atoms with Crippen LogP contribution in [0.1, 0.15) is 45.3 Å². The Morgan fingerprint density at radius 3 is 2.42 bits per heavy atom. The number of aromatic nitrogens is 1. The third-order valence-corrected chi connectivity index (χ3v) is 3.88. The van der Waals surface area contributed by atoms with Gasteiger partial charge in [-0.15, -0.1) is 0 Å². The fourth-order valence-corrected chi connectivity index (χ4v) is 2.75. The van der Waals surface area contributed by atoms with Crippen molar-refractivity contribution in [3.05, 3.63) is 42.1 Å². The van der Waals surface area contributed by atoms with Crippen molar-refractivity contribution in [2.45, 2.75) is 39.7 Å². The number of pyridine rings is 1. The third-order valence-electron chi connectivity index (χ3n) is 3.88. The molecule has 0 radical (unpaired) electrons. The van der Waals surface area contributed by atoms with Crippen LogP contribution in [0.5, 0.6) is 0 Å². The summed E-state index contributed by atoms with van der Waals surface area (Å²) in [6.45, 7) is 7.67. The first kappa shape index (κ1) is 14.0. The van der Waals surface area contributed by atoms with E-state index in [-0.39, 0.29) is 0 Å². The van der Waals surface area contributed by atoms with Crippen LogP contribution in [0.15, 0.2) is 36.4 Å². The largest absolute Gasteiger partial charge is 0.309 e. The van der Waals surface area contributed by atoms with Gasteiger partial charge in [-0.2, -0.15) is 0 Å². The summed E-state index contributed by atoms with van der Waals surface area (Å²) >= 11 is 0. The summed E-state index contributed by atoms with van der Waals surface area (Å²) in [6, 6.07) is 13.0. The molecule has 1 unspecified atom stereocenters. The fourth-order valence-electron chi connectivity index (χ4n) is 2.75. The Balaban J connectivity index is 2.37. The minimum absolute atomic E-state index is 0.365. The van der Waals surface area contributed by atoms with Gasteiger partial charge in [-0.1, -0.05) is 57.9 Å². The number of benzene rings is 1. The van der Waals surface area contributed by atoms with Crippen LogP contribution in [-0.2, 0) is 0 Å². The van der Waals surface area contributed by atoms with Crippen molar-refractivity contribution in [2.75, 3.05) is 6.54 Å². The maximum absolute atomic E-state index is 4.85. The standard InChI is InChI=1S/C17H24N2/c1-4-13(5-2)17(18-6-3)16-12-11-14-9-7-8-10-15(14)19-16/h7-13,17-18H,4-6H2,1-3H3. The topological polar surface area (TPSA) is 24.9 Å². The molecule has 2 rings (SSSR count). The molecule has 0 bridgehead atoms. The summed E-state index contributed by atoms with van der Waals surface area (Å²) in [6.07, 6.45) is 2.37. The minimum Gasteiger partial charge on any atom is -0.309 e. The second-order valence-corrected chi connectivity index (χ2v) is 5.04. The lowest BCUT2D eigenvalue weighted by Crippen LogP contribution is -2.28. The number of para-hydroxylation sites is 1. The lowest BCUT2D eigenvalue weighted by atomic mass is 9.91. The summed E-state index contributed by atoms with van der Waals surface area (Å²) < 4.78 is 0. The average Bonchev–Trinajstić information content (AvgIpc) is 2.47. The molecular formula is C17H24N2. The van der Waals surface area contributed by atoms with E-state index >= 15 is 0 Å². The molecule has 0 amide bonds. The van der Waals surface area contributed by atoms with Crippen molar-refractivity contribution in [3.63, 3.8) is 0 Å². The van der Waals surface area contributed by atoms with E-state index in [2.05, 4.69) is 62.5 Å². The second kappa shape index (κ2) is 6.67. The lowest BCUT2D eigenvalue weighted by Gasteiger charge is -2.25. The Kier molecular flexibility index (Phi) is 4.92. The number of hydrogen-bond donors (Lipinski definition) is 1. The van der Waals surface area contributed by atoms with Crippen LogP contribution in [0.3, 0.4) is 0 Å². The van der Waals surface area contributed by atoms with Gasteiger partial charge in [-0.25, -0.2) is 0 Å². The molecule has 1 atom stereocenters. The van der Waals surface area contributed by atoms with Gasteiger partial charge in [0.2, 0.25) is 0 Å². The van der Waals surface area contributed by atoms with Crippen LogP contribution in [-0.4, -0.2) is 11.5 Å². The van der Waals surface area contributed by atoms with Gasteiger partial charge >= 0.3 is 0 Å². The molecule has 1 aromatic heterocycles. The van der Waals surface area contributed by atoms with E-state index in [1.165, 1.54) is 23.9 Å². The van der Waals surface area contributed by atoms with Gasteiger partial charge in [-0.3, -0.25) is 4.98 Å². The van der Waals surface area contributed by atoms with Crippen molar-refractivity contribution in [3.8, 4) is 0 Å². The van der Waals surface area contributed by atoms with E-state index in [1.54, 1.807) is 0 Å². The molecule has 0 saturated heterocycles. The van der Waals surface area contributed by atoms with Crippen LogP contribution in [0.2, 0.25) is 0 Å². The van der Waals surface area contributed by atoms with E-state index in [0.29, 0.717) is 12.0 Å². The normalized spacial score (nSPS) is 13.1. The molecule has 1 aromatic carbocycles. The summed E-state index contributed by atoms with van der Waals surface area (Å²) in [7, 11) is 0. The zero-order chi connectivity index (χ0) is 13.7. The molecule has 19 heavy (non-hydrogen) atoms. The van der Waals surface area contributed by atoms with E-state index in [0.717, 1.165) is 12.1 Å². The first-order chi connectivity index (χ1) is 9.30. The molecule has 2 heteroatoms. The number of fused-ring (bicyclic) bond motifs is 1. The highest BCUT2D eigenvalue weighted by Crippen LogP contribution is 2.27. The van der Waals surface area contributed by atoms with E-state index in [9.17, 15) is 0 Å². The number of nitrogens with zero attached hydrogens (tertiary/aromatic N) is 1. The van der Waals surface area contributed by atoms with Crippen molar-refractivity contribution >= 4 is 10.9 Å². The molecule has 0 spiro atoms. The zero-order valence-corrected chi connectivity index (χ0v) is 12.2. The van der Waals surface area contributed by atoms with Crippen molar-refractivity contribution in [2.24, 2.45) is 5.92 Å². The van der Waals surface area contributed by atoms with Gasteiger partial charge in [0.05, 0.1) is 17.3 Å². The van der Waals surface area contributed by atoms with Crippen LogP contribution < -0.4 is 5.32 Å². The molecule has 0 saturated carbocycles. The van der Waals surface area contributed by atoms with Gasteiger partial charge in [-0.05, 0) is 24.6 Å². The first-order valence-corrected chi connectivity index (χ1v) is 7.39. The van der Waals surface area contributed by atoms with E-state index in [4.69, 9.17) is 4.98 Å². The van der Waals surface area contributed by atoms with Crippen molar-refractivity contribution in [1.82, 2.24) is 10.3 Å². The van der Waals surface area contributed by atoms with Crippen LogP contribution >= 0.6 is 0 Å². The SMILES string of the molecule is CCNC(c1ccc2ccccc2n1)C(CC)CC. The Hall–Kier alpha value is -1.41. The predicted molar refractivity (Wildman–Crippen MR) is 82.2 cm³/mol. The molecular weight excluding hydrogens is 232 g/mol. The molecule has 2 aromatic rings. The highest BCUT2D eigenvalue weighted by molar-refractivity contribution is 5.78. The minimum atomic E-state index is 0.365. The third kappa shape index (κ3) is 3.13. The van der Waals surface area contributed by atoms with Crippen LogP contribution in [0, 0.1) is 5.92 Å². The number of hydrogen-bond acceptors (Lipinski definition) is 2. The molecule has 0 aliphatic rings. The highest BCUT2D eigenvalue weighted by atomic mass is 14.9. The smallest absolute Gasteiger partial charge is 0.0706 e. The van der Waals surface area contributed by atoms with Gasteiger partial charge < -0.3 is 5.32 Å². The number of rotatable bonds is 6. The Morgan fingerprint density at radius 1 is 1.00 bits per heavy atom. The maximum atomic E-state index is 4.85. The molecule has 1 N–H and O–H groups in total. The second-order valence-electron chi connectivity index (χ2n) is 5.04. The van der Waals surface area contributed by atoms with Crippen molar-refractivity contribution in [1.29, 1.82) is 0 Å². The Labute approximate surface area is 116 Å². The first-order valence-electron chi connectivity index (χ1n) is 7.39. The van der Waals surface area contributed by atoms with Crippen molar-refractivity contribution < 1.29 is 0 Å². The Bertz CT molecular complexity index is 517. The van der Waals surface area contributed by atoms with Crippen LogP contribution in [0.25, 0.3) is 10.9 Å². The maximum Gasteiger partial charge on any atom is 0.0706 e. The quantitative estimate of drug-likeness (QED) is 0.832. The zero-order valence-electron chi connectivity index (χ0n) is 12.2. The molecule has 2 nitrogen and oxygen atoms in total. The molecule has 102 valence electrons. The van der Waals surface area contributed by atoms with E-state index < -0.39 is 0 Å².